The number of hydrogen-bond donors (Lipinski definition) is 1. The maximum Gasteiger partial charge on any atom is 0.246 e. The van der Waals surface area contributed by atoms with Crippen LogP contribution in [-0.4, -0.2) is 39.4 Å². The molecule has 0 aromatic heterocycles. The topological polar surface area (TPSA) is 90.3 Å². The van der Waals surface area contributed by atoms with Gasteiger partial charge in [-0.3, -0.25) is 4.79 Å². The second-order valence-corrected chi connectivity index (χ2v) is 6.34. The van der Waals surface area contributed by atoms with E-state index < -0.39 is 10.0 Å². The average Bonchev–Trinajstić information content (AvgIpc) is 2.50. The molecule has 0 bridgehead atoms. The second kappa shape index (κ2) is 8.32. The monoisotopic (exact) mass is 321 g/mol. The summed E-state index contributed by atoms with van der Waals surface area (Å²) < 4.78 is 26.0. The zero-order chi connectivity index (χ0) is 16.6. The minimum absolute atomic E-state index is 0.184. The lowest BCUT2D eigenvalue weighted by molar-refractivity contribution is -0.124. The summed E-state index contributed by atoms with van der Waals surface area (Å²) in [4.78, 5) is 13.4. The molecule has 0 saturated carbocycles. The molecule has 1 aromatic carbocycles. The highest BCUT2D eigenvalue weighted by Gasteiger charge is 2.11. The predicted octanol–water partition coefficient (Wildman–Crippen LogP) is 1.37. The van der Waals surface area contributed by atoms with Crippen LogP contribution in [0, 0.1) is 11.3 Å². The fourth-order valence-electron chi connectivity index (χ4n) is 1.65. The molecule has 7 heteroatoms. The third-order valence-electron chi connectivity index (χ3n) is 2.88. The standard InChI is InChI=1S/C15H19N3O3S/c1-3-17-22(20,21)14-8-5-13(6-9-14)7-10-15(19)18(2)12-4-11-16/h5-10,17H,3-4,12H2,1-2H3. The first kappa shape index (κ1) is 17.9. The third kappa shape index (κ3) is 5.31. The molecule has 6 nitrogen and oxygen atoms in total. The molecule has 1 N–H and O–H groups in total. The predicted molar refractivity (Wildman–Crippen MR) is 84.2 cm³/mol. The molecule has 22 heavy (non-hydrogen) atoms. The van der Waals surface area contributed by atoms with Crippen LogP contribution in [0.25, 0.3) is 6.08 Å². The summed E-state index contributed by atoms with van der Waals surface area (Å²) in [6, 6.07) is 8.21. The van der Waals surface area contributed by atoms with Gasteiger partial charge in [-0.15, -0.1) is 0 Å². The Kier molecular flexibility index (Phi) is 6.76. The zero-order valence-corrected chi connectivity index (χ0v) is 13.4. The van der Waals surface area contributed by atoms with Gasteiger partial charge in [-0.2, -0.15) is 5.26 Å². The first-order valence-electron chi connectivity index (χ1n) is 6.80. The van der Waals surface area contributed by atoms with Crippen molar-refractivity contribution in [1.82, 2.24) is 9.62 Å². The van der Waals surface area contributed by atoms with Gasteiger partial charge in [0.05, 0.1) is 17.4 Å². The summed E-state index contributed by atoms with van der Waals surface area (Å²) in [5, 5.41) is 8.47. The fourth-order valence-corrected chi connectivity index (χ4v) is 2.70. The van der Waals surface area contributed by atoms with E-state index in [9.17, 15) is 13.2 Å². The van der Waals surface area contributed by atoms with Gasteiger partial charge in [-0.25, -0.2) is 13.1 Å². The highest BCUT2D eigenvalue weighted by atomic mass is 32.2. The molecule has 0 unspecified atom stereocenters. The number of sulfonamides is 1. The fraction of sp³-hybridized carbons (Fsp3) is 0.333. The Morgan fingerprint density at radius 1 is 1.36 bits per heavy atom. The van der Waals surface area contributed by atoms with Crippen molar-refractivity contribution < 1.29 is 13.2 Å². The van der Waals surface area contributed by atoms with Crippen molar-refractivity contribution >= 4 is 22.0 Å². The maximum atomic E-state index is 11.8. The van der Waals surface area contributed by atoms with Crippen LogP contribution in [0.2, 0.25) is 0 Å². The van der Waals surface area contributed by atoms with Gasteiger partial charge >= 0.3 is 0 Å². The number of carbonyl (C=O) groups is 1. The largest absolute Gasteiger partial charge is 0.341 e. The van der Waals surface area contributed by atoms with Gasteiger partial charge in [0.25, 0.3) is 0 Å². The van der Waals surface area contributed by atoms with E-state index in [1.54, 1.807) is 32.2 Å². The number of nitrogens with zero attached hydrogens (tertiary/aromatic N) is 2. The van der Waals surface area contributed by atoms with Crippen molar-refractivity contribution in [2.45, 2.75) is 18.2 Å². The van der Waals surface area contributed by atoms with Crippen LogP contribution in [0.3, 0.4) is 0 Å². The minimum Gasteiger partial charge on any atom is -0.341 e. The molecule has 0 saturated heterocycles. The van der Waals surface area contributed by atoms with Crippen LogP contribution >= 0.6 is 0 Å². The first-order valence-corrected chi connectivity index (χ1v) is 8.29. The van der Waals surface area contributed by atoms with E-state index >= 15 is 0 Å². The van der Waals surface area contributed by atoms with E-state index in [0.29, 0.717) is 13.1 Å². The van der Waals surface area contributed by atoms with Crippen LogP contribution < -0.4 is 4.72 Å². The Balaban J connectivity index is 2.74. The van der Waals surface area contributed by atoms with Gasteiger partial charge in [-0.05, 0) is 23.8 Å². The average molecular weight is 321 g/mol. The number of likely N-dealkylation sites (N-methyl/N-ethyl adjacent to an activating group) is 1. The van der Waals surface area contributed by atoms with E-state index in [0.717, 1.165) is 5.56 Å². The minimum atomic E-state index is -3.46. The Morgan fingerprint density at radius 3 is 2.55 bits per heavy atom. The zero-order valence-electron chi connectivity index (χ0n) is 12.6. The van der Waals surface area contributed by atoms with E-state index in [2.05, 4.69) is 4.72 Å². The van der Waals surface area contributed by atoms with Crippen LogP contribution in [-0.2, 0) is 14.8 Å². The maximum absolute atomic E-state index is 11.8. The van der Waals surface area contributed by atoms with Gasteiger partial charge in [0.15, 0.2) is 0 Å². The van der Waals surface area contributed by atoms with Gasteiger partial charge < -0.3 is 4.90 Å². The first-order chi connectivity index (χ1) is 10.4. The molecule has 1 aromatic rings. The van der Waals surface area contributed by atoms with Gasteiger partial charge in [-0.1, -0.05) is 19.1 Å². The quantitative estimate of drug-likeness (QED) is 0.768. The molecule has 0 aliphatic rings. The number of nitriles is 1. The molecular formula is C15H19N3O3S. The smallest absolute Gasteiger partial charge is 0.246 e. The number of carbonyl (C=O) groups excluding carboxylic acids is 1. The third-order valence-corrected chi connectivity index (χ3v) is 4.44. The molecule has 0 heterocycles. The summed E-state index contributed by atoms with van der Waals surface area (Å²) in [5.41, 5.74) is 0.720. The van der Waals surface area contributed by atoms with Crippen LogP contribution in [0.4, 0.5) is 0 Å². The highest BCUT2D eigenvalue weighted by molar-refractivity contribution is 7.89. The molecule has 118 valence electrons. The van der Waals surface area contributed by atoms with Gasteiger partial charge in [0.2, 0.25) is 15.9 Å². The summed E-state index contributed by atoms with van der Waals surface area (Å²) in [7, 11) is -1.84. The van der Waals surface area contributed by atoms with Crippen molar-refractivity contribution in [3.63, 3.8) is 0 Å². The molecular weight excluding hydrogens is 302 g/mol. The molecule has 0 fully saturated rings. The number of nitrogens with one attached hydrogen (secondary N) is 1. The van der Waals surface area contributed by atoms with E-state index in [4.69, 9.17) is 5.26 Å². The van der Waals surface area contributed by atoms with Crippen molar-refractivity contribution in [2.24, 2.45) is 0 Å². The van der Waals surface area contributed by atoms with Crippen molar-refractivity contribution in [2.75, 3.05) is 20.1 Å². The SMILES string of the molecule is CCNS(=O)(=O)c1ccc(C=CC(=O)N(C)CCC#N)cc1. The summed E-state index contributed by atoms with van der Waals surface area (Å²) in [6.45, 7) is 2.41. The highest BCUT2D eigenvalue weighted by Crippen LogP contribution is 2.11. The molecule has 1 amide bonds. The van der Waals surface area contributed by atoms with Gasteiger partial charge in [0, 0.05) is 26.2 Å². The van der Waals surface area contributed by atoms with E-state index in [1.807, 2.05) is 6.07 Å². The summed E-state index contributed by atoms with van der Waals surface area (Å²) >= 11 is 0. The number of hydrogen-bond acceptors (Lipinski definition) is 4. The van der Waals surface area contributed by atoms with Crippen LogP contribution in [0.15, 0.2) is 35.2 Å². The number of benzene rings is 1. The van der Waals surface area contributed by atoms with Crippen molar-refractivity contribution in [3.05, 3.63) is 35.9 Å². The molecule has 0 aliphatic carbocycles. The van der Waals surface area contributed by atoms with E-state index in [1.165, 1.54) is 23.1 Å². The van der Waals surface area contributed by atoms with Gasteiger partial charge in [0.1, 0.15) is 0 Å². The molecule has 0 aliphatic heterocycles. The van der Waals surface area contributed by atoms with Crippen LogP contribution in [0.1, 0.15) is 18.9 Å². The lowest BCUT2D eigenvalue weighted by atomic mass is 10.2. The lowest BCUT2D eigenvalue weighted by Gasteiger charge is -2.12. The van der Waals surface area contributed by atoms with Crippen LogP contribution in [0.5, 0.6) is 0 Å². The Hall–Kier alpha value is -2.17. The Morgan fingerprint density at radius 2 is 2.00 bits per heavy atom. The molecule has 0 radical (unpaired) electrons. The number of amides is 1. The Bertz CT molecular complexity index is 673. The normalized spacial score (nSPS) is 11.3. The van der Waals surface area contributed by atoms with Crippen molar-refractivity contribution in [3.8, 4) is 6.07 Å². The molecule has 0 atom stereocenters. The number of rotatable bonds is 7. The van der Waals surface area contributed by atoms with Crippen molar-refractivity contribution in [1.29, 1.82) is 5.26 Å². The van der Waals surface area contributed by atoms with E-state index in [-0.39, 0.29) is 17.2 Å². The summed E-state index contributed by atoms with van der Waals surface area (Å²) in [5.74, 6) is -0.209. The molecule has 1 rings (SSSR count). The molecule has 0 spiro atoms. The lowest BCUT2D eigenvalue weighted by Crippen LogP contribution is -2.25. The Labute approximate surface area is 131 Å². The summed E-state index contributed by atoms with van der Waals surface area (Å²) in [6.07, 6.45) is 3.28. The second-order valence-electron chi connectivity index (χ2n) is 4.57.